The van der Waals surface area contributed by atoms with Crippen LogP contribution < -0.4 is 5.32 Å². The van der Waals surface area contributed by atoms with Gasteiger partial charge in [-0.3, -0.25) is 4.68 Å². The van der Waals surface area contributed by atoms with Gasteiger partial charge in [-0.05, 0) is 42.1 Å². The first-order valence-corrected chi connectivity index (χ1v) is 6.40. The molecule has 0 saturated heterocycles. The average molecular weight is 288 g/mol. The first-order valence-electron chi connectivity index (χ1n) is 5.61. The number of rotatable bonds is 4. The van der Waals surface area contributed by atoms with E-state index in [4.69, 9.17) is 0 Å². The summed E-state index contributed by atoms with van der Waals surface area (Å²) in [5.74, 6) is 0. The normalized spacial score (nSPS) is 13.1. The van der Waals surface area contributed by atoms with Crippen LogP contribution in [-0.4, -0.2) is 21.9 Å². The highest BCUT2D eigenvalue weighted by atomic mass is 79.9. The van der Waals surface area contributed by atoms with Gasteiger partial charge in [-0.1, -0.05) is 13.8 Å². The monoisotopic (exact) mass is 287 g/mol. The minimum absolute atomic E-state index is 0.169. The lowest BCUT2D eigenvalue weighted by atomic mass is 9.92. The topological polar surface area (TPSA) is 29.9 Å². The molecule has 0 fully saturated rings. The molecule has 1 heterocycles. The highest BCUT2D eigenvalue weighted by Crippen LogP contribution is 2.19. The Labute approximate surface area is 107 Å². The molecule has 1 N–H and O–H groups in total. The maximum atomic E-state index is 4.29. The van der Waals surface area contributed by atoms with Crippen LogP contribution in [0.5, 0.6) is 0 Å². The summed E-state index contributed by atoms with van der Waals surface area (Å²) in [5, 5.41) is 7.82. The van der Waals surface area contributed by atoms with Gasteiger partial charge in [0, 0.05) is 24.8 Å². The zero-order valence-electron chi connectivity index (χ0n) is 10.8. The molecule has 0 radical (unpaired) electrons. The van der Waals surface area contributed by atoms with Gasteiger partial charge in [-0.25, -0.2) is 0 Å². The third-order valence-electron chi connectivity index (χ3n) is 2.29. The first kappa shape index (κ1) is 13.7. The van der Waals surface area contributed by atoms with Crippen molar-refractivity contribution in [3.63, 3.8) is 0 Å². The summed E-state index contributed by atoms with van der Waals surface area (Å²) < 4.78 is 3.01. The van der Waals surface area contributed by atoms with Gasteiger partial charge < -0.3 is 5.32 Å². The van der Waals surface area contributed by atoms with Crippen LogP contribution in [0, 0.1) is 5.41 Å². The molecule has 0 bridgehead atoms. The molecule has 0 aliphatic heterocycles. The molecule has 0 aromatic carbocycles. The zero-order valence-corrected chi connectivity index (χ0v) is 12.4. The molecule has 92 valence electrons. The molecule has 0 spiro atoms. The second kappa shape index (κ2) is 4.88. The van der Waals surface area contributed by atoms with E-state index in [1.807, 2.05) is 17.1 Å². The lowest BCUT2D eigenvalue weighted by Crippen LogP contribution is -2.43. The van der Waals surface area contributed by atoms with E-state index >= 15 is 0 Å². The Morgan fingerprint density at radius 2 is 1.94 bits per heavy atom. The largest absolute Gasteiger partial charge is 0.311 e. The highest BCUT2D eigenvalue weighted by molar-refractivity contribution is 9.10. The quantitative estimate of drug-likeness (QED) is 0.922. The predicted octanol–water partition coefficient (Wildman–Crippen LogP) is 3.06. The van der Waals surface area contributed by atoms with Crippen LogP contribution in [0.1, 0.15) is 34.6 Å². The fourth-order valence-corrected chi connectivity index (χ4v) is 1.75. The standard InChI is InChI=1S/C12H22BrN3/c1-11(2,3)14-8-12(4,5)9-16-7-10(13)6-15-16/h6-7,14H,8-9H2,1-5H3. The Bertz CT molecular complexity index is 336. The Morgan fingerprint density at radius 1 is 1.31 bits per heavy atom. The van der Waals surface area contributed by atoms with Crippen LogP contribution in [0.4, 0.5) is 0 Å². The van der Waals surface area contributed by atoms with Crippen LogP contribution in [0.2, 0.25) is 0 Å². The SMILES string of the molecule is CC(C)(CNC(C)(C)C)Cn1cc(Br)cn1. The molecule has 0 aliphatic rings. The van der Waals surface area contributed by atoms with Crippen molar-refractivity contribution in [1.29, 1.82) is 0 Å². The van der Waals surface area contributed by atoms with Crippen LogP contribution in [0.3, 0.4) is 0 Å². The number of nitrogens with zero attached hydrogens (tertiary/aromatic N) is 2. The third kappa shape index (κ3) is 5.12. The molecule has 1 aromatic heterocycles. The second-order valence-corrected chi connectivity index (χ2v) is 7.04. The van der Waals surface area contributed by atoms with E-state index in [0.29, 0.717) is 0 Å². The third-order valence-corrected chi connectivity index (χ3v) is 2.70. The van der Waals surface area contributed by atoms with Crippen molar-refractivity contribution in [3.05, 3.63) is 16.9 Å². The molecule has 16 heavy (non-hydrogen) atoms. The molecule has 0 aliphatic carbocycles. The van der Waals surface area contributed by atoms with Crippen molar-refractivity contribution in [2.24, 2.45) is 5.41 Å². The van der Waals surface area contributed by atoms with E-state index in [1.54, 1.807) is 0 Å². The first-order chi connectivity index (χ1) is 7.18. The summed E-state index contributed by atoms with van der Waals surface area (Å²) in [6.07, 6.45) is 3.84. The summed E-state index contributed by atoms with van der Waals surface area (Å²) in [7, 11) is 0. The summed E-state index contributed by atoms with van der Waals surface area (Å²) >= 11 is 3.41. The Morgan fingerprint density at radius 3 is 2.38 bits per heavy atom. The van der Waals surface area contributed by atoms with Crippen molar-refractivity contribution in [3.8, 4) is 0 Å². The minimum atomic E-state index is 0.169. The second-order valence-electron chi connectivity index (χ2n) is 6.12. The minimum Gasteiger partial charge on any atom is -0.311 e. The van der Waals surface area contributed by atoms with Gasteiger partial charge in [0.05, 0.1) is 10.7 Å². The lowest BCUT2D eigenvalue weighted by molar-refractivity contribution is 0.246. The fraction of sp³-hybridized carbons (Fsp3) is 0.750. The number of hydrogen-bond donors (Lipinski definition) is 1. The van der Waals surface area contributed by atoms with Gasteiger partial charge in [0.15, 0.2) is 0 Å². The number of aromatic nitrogens is 2. The Balaban J connectivity index is 2.51. The van der Waals surface area contributed by atoms with E-state index in [9.17, 15) is 0 Å². The Hall–Kier alpha value is -0.350. The van der Waals surface area contributed by atoms with E-state index in [0.717, 1.165) is 17.6 Å². The fourth-order valence-electron chi connectivity index (χ4n) is 1.42. The molecular formula is C12H22BrN3. The van der Waals surface area contributed by atoms with Crippen LogP contribution in [0.25, 0.3) is 0 Å². The van der Waals surface area contributed by atoms with E-state index < -0.39 is 0 Å². The van der Waals surface area contributed by atoms with Gasteiger partial charge in [0.2, 0.25) is 0 Å². The Kier molecular flexibility index (Phi) is 4.18. The van der Waals surface area contributed by atoms with Gasteiger partial charge in [0.1, 0.15) is 0 Å². The van der Waals surface area contributed by atoms with Crippen molar-refractivity contribution in [1.82, 2.24) is 15.1 Å². The molecule has 0 amide bonds. The molecule has 1 aromatic rings. The molecule has 0 saturated carbocycles. The van der Waals surface area contributed by atoms with E-state index in [1.165, 1.54) is 0 Å². The predicted molar refractivity (Wildman–Crippen MR) is 71.5 cm³/mol. The van der Waals surface area contributed by atoms with Crippen molar-refractivity contribution < 1.29 is 0 Å². The summed E-state index contributed by atoms with van der Waals surface area (Å²) in [5.41, 5.74) is 0.362. The number of nitrogens with one attached hydrogen (secondary N) is 1. The molecule has 0 atom stereocenters. The van der Waals surface area contributed by atoms with Crippen molar-refractivity contribution in [2.75, 3.05) is 6.54 Å². The van der Waals surface area contributed by atoms with E-state index in [-0.39, 0.29) is 11.0 Å². The summed E-state index contributed by atoms with van der Waals surface area (Å²) in [4.78, 5) is 0. The van der Waals surface area contributed by atoms with Crippen LogP contribution in [-0.2, 0) is 6.54 Å². The van der Waals surface area contributed by atoms with Gasteiger partial charge in [-0.15, -0.1) is 0 Å². The number of halogens is 1. The molecule has 1 rings (SSSR count). The lowest BCUT2D eigenvalue weighted by Gasteiger charge is -2.30. The number of hydrogen-bond acceptors (Lipinski definition) is 2. The smallest absolute Gasteiger partial charge is 0.0632 e. The van der Waals surface area contributed by atoms with Crippen LogP contribution >= 0.6 is 15.9 Å². The van der Waals surface area contributed by atoms with E-state index in [2.05, 4.69) is 61.0 Å². The van der Waals surface area contributed by atoms with Gasteiger partial charge in [-0.2, -0.15) is 5.10 Å². The van der Waals surface area contributed by atoms with Crippen molar-refractivity contribution in [2.45, 2.75) is 46.7 Å². The molecule has 0 unspecified atom stereocenters. The zero-order chi connectivity index (χ0) is 12.4. The van der Waals surface area contributed by atoms with Gasteiger partial charge in [0.25, 0.3) is 0 Å². The maximum absolute atomic E-state index is 4.29. The summed E-state index contributed by atoms with van der Waals surface area (Å²) in [6, 6.07) is 0. The van der Waals surface area contributed by atoms with Crippen molar-refractivity contribution >= 4 is 15.9 Å². The molecule has 4 heteroatoms. The average Bonchev–Trinajstić information content (AvgIpc) is 2.46. The summed E-state index contributed by atoms with van der Waals surface area (Å²) in [6.45, 7) is 13.0. The van der Waals surface area contributed by atoms with Gasteiger partial charge >= 0.3 is 0 Å². The molecular weight excluding hydrogens is 266 g/mol. The van der Waals surface area contributed by atoms with Crippen LogP contribution in [0.15, 0.2) is 16.9 Å². The maximum Gasteiger partial charge on any atom is 0.0632 e. The highest BCUT2D eigenvalue weighted by Gasteiger charge is 2.21. The molecule has 3 nitrogen and oxygen atoms in total.